The van der Waals surface area contributed by atoms with Crippen molar-refractivity contribution in [3.63, 3.8) is 0 Å². The Morgan fingerprint density at radius 3 is 2.47 bits per heavy atom. The van der Waals surface area contributed by atoms with Gasteiger partial charge in [-0.1, -0.05) is 18.2 Å². The third-order valence-electron chi connectivity index (χ3n) is 6.10. The fraction of sp³-hybridized carbons (Fsp3) is 0.652. The zero-order valence-electron chi connectivity index (χ0n) is 18.8. The van der Waals surface area contributed by atoms with Crippen LogP contribution in [0.5, 0.6) is 5.75 Å². The number of nitrogens with zero attached hydrogens (tertiary/aromatic N) is 4. The summed E-state index contributed by atoms with van der Waals surface area (Å²) in [5.74, 6) is 2.18. The predicted molar refractivity (Wildman–Crippen MR) is 121 cm³/mol. The highest BCUT2D eigenvalue weighted by Crippen LogP contribution is 2.16. The molecule has 7 heteroatoms. The lowest BCUT2D eigenvalue weighted by Gasteiger charge is -2.39. The fourth-order valence-electron chi connectivity index (χ4n) is 4.18. The lowest BCUT2D eigenvalue weighted by molar-refractivity contribution is -0.135. The maximum absolute atomic E-state index is 12.7. The number of piperazine rings is 1. The third kappa shape index (κ3) is 5.88. The molecule has 1 N–H and O–H groups in total. The van der Waals surface area contributed by atoms with E-state index in [0.29, 0.717) is 6.61 Å². The third-order valence-corrected chi connectivity index (χ3v) is 6.10. The molecule has 1 amide bonds. The van der Waals surface area contributed by atoms with Gasteiger partial charge in [-0.25, -0.2) is 0 Å². The van der Waals surface area contributed by atoms with Gasteiger partial charge in [0.1, 0.15) is 5.75 Å². The van der Waals surface area contributed by atoms with Gasteiger partial charge >= 0.3 is 0 Å². The molecule has 1 aromatic rings. The molecule has 1 atom stereocenters. The van der Waals surface area contributed by atoms with Crippen LogP contribution in [-0.2, 0) is 4.79 Å². The minimum absolute atomic E-state index is 0.0289. The van der Waals surface area contributed by atoms with Crippen molar-refractivity contribution in [3.05, 3.63) is 29.8 Å². The number of aryl methyl sites for hydroxylation is 1. The molecule has 166 valence electrons. The van der Waals surface area contributed by atoms with Gasteiger partial charge in [-0.05, 0) is 44.7 Å². The quantitative estimate of drug-likeness (QED) is 0.419. The van der Waals surface area contributed by atoms with Crippen LogP contribution in [0.4, 0.5) is 0 Å². The number of rotatable bonds is 7. The van der Waals surface area contributed by atoms with Crippen molar-refractivity contribution in [1.29, 1.82) is 0 Å². The summed E-state index contributed by atoms with van der Waals surface area (Å²) in [5.41, 5.74) is 1.16. The number of aliphatic imine (C=N–C) groups is 1. The van der Waals surface area contributed by atoms with Crippen LogP contribution in [0.25, 0.3) is 0 Å². The number of hydrogen-bond donors (Lipinski definition) is 1. The molecule has 2 heterocycles. The van der Waals surface area contributed by atoms with Gasteiger partial charge in [0.25, 0.3) is 0 Å². The second-order valence-corrected chi connectivity index (χ2v) is 8.17. The summed E-state index contributed by atoms with van der Waals surface area (Å²) in [6, 6.07) is 8.07. The van der Waals surface area contributed by atoms with E-state index >= 15 is 0 Å². The van der Waals surface area contributed by atoms with E-state index in [0.717, 1.165) is 82.3 Å². The van der Waals surface area contributed by atoms with E-state index in [1.165, 1.54) is 0 Å². The maximum atomic E-state index is 12.7. The largest absolute Gasteiger partial charge is 0.493 e. The van der Waals surface area contributed by atoms with Crippen molar-refractivity contribution in [3.8, 4) is 5.75 Å². The van der Waals surface area contributed by atoms with Gasteiger partial charge in [0, 0.05) is 52.9 Å². The van der Waals surface area contributed by atoms with E-state index < -0.39 is 0 Å². The number of nitrogens with one attached hydrogen (secondary N) is 1. The lowest BCUT2D eigenvalue weighted by Crippen LogP contribution is -2.57. The van der Waals surface area contributed by atoms with Gasteiger partial charge in [-0.2, -0.15) is 0 Å². The number of hydrogen-bond acceptors (Lipinski definition) is 4. The van der Waals surface area contributed by atoms with Gasteiger partial charge < -0.3 is 19.9 Å². The Hall–Kier alpha value is -2.28. The summed E-state index contributed by atoms with van der Waals surface area (Å²) < 4.78 is 5.87. The summed E-state index contributed by atoms with van der Waals surface area (Å²) in [7, 11) is 1.83. The molecule has 2 aliphatic rings. The molecular formula is C23H37N5O2. The normalized spacial score (nSPS) is 19.1. The average Bonchev–Trinajstić information content (AvgIpc) is 3.31. The summed E-state index contributed by atoms with van der Waals surface area (Å²) >= 11 is 0. The summed E-state index contributed by atoms with van der Waals surface area (Å²) in [5, 5.41) is 3.45. The van der Waals surface area contributed by atoms with Crippen molar-refractivity contribution in [2.45, 2.75) is 39.2 Å². The number of para-hydroxylation sites is 1. The highest BCUT2D eigenvalue weighted by atomic mass is 16.5. The van der Waals surface area contributed by atoms with Gasteiger partial charge in [-0.15, -0.1) is 0 Å². The lowest BCUT2D eigenvalue weighted by atomic mass is 10.2. The number of carbonyl (C=O) groups excluding carboxylic acids is 1. The number of likely N-dealkylation sites (tertiary alicyclic amines) is 1. The Morgan fingerprint density at radius 2 is 1.80 bits per heavy atom. The average molecular weight is 416 g/mol. The van der Waals surface area contributed by atoms with Crippen molar-refractivity contribution in [2.24, 2.45) is 4.99 Å². The van der Waals surface area contributed by atoms with E-state index in [1.54, 1.807) is 0 Å². The molecule has 0 aliphatic carbocycles. The molecule has 7 nitrogen and oxygen atoms in total. The van der Waals surface area contributed by atoms with Crippen molar-refractivity contribution < 1.29 is 9.53 Å². The van der Waals surface area contributed by atoms with E-state index in [1.807, 2.05) is 30.1 Å². The molecule has 0 saturated carbocycles. The van der Waals surface area contributed by atoms with E-state index in [4.69, 9.17) is 4.74 Å². The Kier molecular flexibility index (Phi) is 8.37. The second kappa shape index (κ2) is 11.2. The first-order chi connectivity index (χ1) is 14.6. The standard InChI is InChI=1S/C23H37N5O2/c1-19-9-4-5-10-21(19)30-18-8-11-25-23(24-3)28-16-14-26(15-17-28)20(2)22(29)27-12-6-7-13-27/h4-5,9-10,20H,6-8,11-18H2,1-3H3,(H,24,25). The Morgan fingerprint density at radius 1 is 1.10 bits per heavy atom. The molecule has 2 aliphatic heterocycles. The van der Waals surface area contributed by atoms with Crippen LogP contribution >= 0.6 is 0 Å². The molecule has 2 saturated heterocycles. The van der Waals surface area contributed by atoms with Crippen LogP contribution in [0.3, 0.4) is 0 Å². The monoisotopic (exact) mass is 415 g/mol. The van der Waals surface area contributed by atoms with Gasteiger partial charge in [0.05, 0.1) is 12.6 Å². The topological polar surface area (TPSA) is 60.4 Å². The molecule has 0 spiro atoms. The van der Waals surface area contributed by atoms with E-state index in [2.05, 4.69) is 40.0 Å². The molecule has 2 fully saturated rings. The number of ether oxygens (including phenoxy) is 1. The molecule has 30 heavy (non-hydrogen) atoms. The smallest absolute Gasteiger partial charge is 0.239 e. The first-order valence-corrected chi connectivity index (χ1v) is 11.3. The van der Waals surface area contributed by atoms with Crippen molar-refractivity contribution in [1.82, 2.24) is 20.0 Å². The minimum Gasteiger partial charge on any atom is -0.493 e. The minimum atomic E-state index is -0.0289. The van der Waals surface area contributed by atoms with Crippen LogP contribution in [0, 0.1) is 6.92 Å². The molecule has 1 unspecified atom stereocenters. The fourth-order valence-corrected chi connectivity index (χ4v) is 4.18. The first-order valence-electron chi connectivity index (χ1n) is 11.3. The predicted octanol–water partition coefficient (Wildman–Crippen LogP) is 1.97. The number of guanidine groups is 1. The molecular weight excluding hydrogens is 378 g/mol. The second-order valence-electron chi connectivity index (χ2n) is 8.17. The van der Waals surface area contributed by atoms with Gasteiger partial charge in [0.15, 0.2) is 5.96 Å². The zero-order valence-corrected chi connectivity index (χ0v) is 18.8. The number of amides is 1. The summed E-state index contributed by atoms with van der Waals surface area (Å²) in [4.78, 5) is 23.7. The molecule has 0 radical (unpaired) electrons. The zero-order chi connectivity index (χ0) is 21.3. The van der Waals surface area contributed by atoms with Gasteiger partial charge in [-0.3, -0.25) is 14.7 Å². The molecule has 0 aromatic heterocycles. The number of benzene rings is 1. The Labute approximate surface area is 181 Å². The van der Waals surface area contributed by atoms with E-state index in [9.17, 15) is 4.79 Å². The SMILES string of the molecule is CN=C(NCCCOc1ccccc1C)N1CCN(C(C)C(=O)N2CCCC2)CC1. The van der Waals surface area contributed by atoms with Crippen LogP contribution < -0.4 is 10.1 Å². The van der Waals surface area contributed by atoms with E-state index in [-0.39, 0.29) is 11.9 Å². The van der Waals surface area contributed by atoms with Crippen LogP contribution in [0.1, 0.15) is 31.7 Å². The molecule has 3 rings (SSSR count). The van der Waals surface area contributed by atoms with Crippen LogP contribution in [0.15, 0.2) is 29.3 Å². The van der Waals surface area contributed by atoms with Crippen molar-refractivity contribution in [2.75, 3.05) is 59.5 Å². The molecule has 0 bridgehead atoms. The maximum Gasteiger partial charge on any atom is 0.239 e. The van der Waals surface area contributed by atoms with Crippen molar-refractivity contribution >= 4 is 11.9 Å². The first kappa shape index (κ1) is 22.4. The Balaban J connectivity index is 1.36. The Bertz CT molecular complexity index is 709. The molecule has 1 aromatic carbocycles. The highest BCUT2D eigenvalue weighted by molar-refractivity contribution is 5.82. The van der Waals surface area contributed by atoms with Gasteiger partial charge in [0.2, 0.25) is 5.91 Å². The summed E-state index contributed by atoms with van der Waals surface area (Å²) in [6.07, 6.45) is 3.20. The number of carbonyl (C=O) groups is 1. The summed E-state index contributed by atoms with van der Waals surface area (Å²) in [6.45, 7) is 11.0. The highest BCUT2D eigenvalue weighted by Gasteiger charge is 2.30. The van der Waals surface area contributed by atoms with Crippen LogP contribution in [0.2, 0.25) is 0 Å². The van der Waals surface area contributed by atoms with Crippen LogP contribution in [-0.4, -0.2) is 92.1 Å².